The van der Waals surface area contributed by atoms with Crippen LogP contribution >= 0.6 is 0 Å². The number of carbonyl (C=O) groups excluding carboxylic acids is 1. The highest BCUT2D eigenvalue weighted by Crippen LogP contribution is 2.33. The number of aromatic nitrogens is 4. The number of carbonyl (C=O) groups is 1. The summed E-state index contributed by atoms with van der Waals surface area (Å²) in [6.45, 7) is 1.51. The van der Waals surface area contributed by atoms with Gasteiger partial charge in [0.2, 0.25) is 5.91 Å². The van der Waals surface area contributed by atoms with Crippen LogP contribution < -0.4 is 15.4 Å². The number of ether oxygens (including phenoxy) is 2. The molecule has 2 atom stereocenters. The van der Waals surface area contributed by atoms with Gasteiger partial charge in [0.15, 0.2) is 11.6 Å². The van der Waals surface area contributed by atoms with Gasteiger partial charge in [0, 0.05) is 51.0 Å². The van der Waals surface area contributed by atoms with Gasteiger partial charge in [-0.25, -0.2) is 4.52 Å². The summed E-state index contributed by atoms with van der Waals surface area (Å²) in [7, 11) is 3.59. The van der Waals surface area contributed by atoms with Crippen molar-refractivity contribution in [3.05, 3.63) is 30.6 Å². The number of nitrogens with one attached hydrogen (secondary N) is 2. The number of amides is 1. The van der Waals surface area contributed by atoms with Crippen LogP contribution in [0.4, 0.5) is 5.82 Å². The SMILES string of the molecule is CO[C@H]1CNC[C@@H]1Oc1cnn(C)c1-c1ccn2nc(NC(=O)C3CC3)cc2c1. The molecule has 4 heterocycles. The van der Waals surface area contributed by atoms with Crippen molar-refractivity contribution in [1.29, 1.82) is 0 Å². The molecule has 1 aliphatic heterocycles. The monoisotopic (exact) mass is 396 g/mol. The number of hydrogen-bond acceptors (Lipinski definition) is 6. The normalized spacial score (nSPS) is 21.6. The molecule has 3 aromatic heterocycles. The molecule has 0 bridgehead atoms. The molecular weight excluding hydrogens is 372 g/mol. The van der Waals surface area contributed by atoms with Crippen LogP contribution in [-0.4, -0.2) is 57.7 Å². The second kappa shape index (κ2) is 7.16. The lowest BCUT2D eigenvalue weighted by Crippen LogP contribution is -2.31. The standard InChI is InChI=1S/C20H24N6O3/c1-25-19(17(11-22-25)29-16-10-21-9-15(16)28-2)13-5-6-26-14(7-13)8-18(24-26)23-20(27)12-3-4-12/h5-8,11-12,15-16,21H,3-4,9-10H2,1-2H3,(H,23,24,27)/t15-,16-/m0/s1. The topological polar surface area (TPSA) is 94.7 Å². The van der Waals surface area contributed by atoms with Gasteiger partial charge in [0.25, 0.3) is 0 Å². The lowest BCUT2D eigenvalue weighted by atomic mass is 10.1. The zero-order valence-corrected chi connectivity index (χ0v) is 16.5. The van der Waals surface area contributed by atoms with Crippen LogP contribution in [-0.2, 0) is 16.6 Å². The molecule has 5 rings (SSSR count). The van der Waals surface area contributed by atoms with Crippen molar-refractivity contribution in [2.24, 2.45) is 13.0 Å². The maximum absolute atomic E-state index is 12.0. The van der Waals surface area contributed by atoms with Crippen molar-refractivity contribution in [3.63, 3.8) is 0 Å². The highest BCUT2D eigenvalue weighted by Gasteiger charge is 2.31. The van der Waals surface area contributed by atoms with E-state index in [1.807, 2.05) is 31.4 Å². The van der Waals surface area contributed by atoms with Crippen molar-refractivity contribution >= 4 is 17.2 Å². The van der Waals surface area contributed by atoms with Gasteiger partial charge in [-0.15, -0.1) is 0 Å². The average molecular weight is 396 g/mol. The molecular formula is C20H24N6O3. The number of hydrogen-bond donors (Lipinski definition) is 2. The average Bonchev–Trinajstić information content (AvgIpc) is 3.19. The maximum atomic E-state index is 12.0. The second-order valence-electron chi connectivity index (χ2n) is 7.65. The van der Waals surface area contributed by atoms with Crippen molar-refractivity contribution in [3.8, 4) is 17.0 Å². The van der Waals surface area contributed by atoms with Gasteiger partial charge in [-0.1, -0.05) is 0 Å². The summed E-state index contributed by atoms with van der Waals surface area (Å²) < 4.78 is 15.3. The minimum Gasteiger partial charge on any atom is -0.482 e. The lowest BCUT2D eigenvalue weighted by molar-refractivity contribution is -0.117. The first-order valence-electron chi connectivity index (χ1n) is 9.85. The summed E-state index contributed by atoms with van der Waals surface area (Å²) >= 11 is 0. The highest BCUT2D eigenvalue weighted by molar-refractivity contribution is 5.93. The summed E-state index contributed by atoms with van der Waals surface area (Å²) in [5.74, 6) is 1.48. The van der Waals surface area contributed by atoms with Gasteiger partial charge < -0.3 is 20.1 Å². The number of anilines is 1. The number of fused-ring (bicyclic) bond motifs is 1. The molecule has 2 N–H and O–H groups in total. The van der Waals surface area contributed by atoms with Crippen LogP contribution in [0.1, 0.15) is 12.8 Å². The van der Waals surface area contributed by atoms with E-state index in [4.69, 9.17) is 9.47 Å². The number of nitrogens with zero attached hydrogens (tertiary/aromatic N) is 4. The molecule has 3 aromatic rings. The van der Waals surface area contributed by atoms with Crippen LogP contribution in [0.5, 0.6) is 5.75 Å². The Balaban J connectivity index is 1.42. The Hall–Kier alpha value is -2.91. The molecule has 1 aliphatic carbocycles. The molecule has 9 nitrogen and oxygen atoms in total. The molecule has 1 saturated heterocycles. The smallest absolute Gasteiger partial charge is 0.228 e. The van der Waals surface area contributed by atoms with E-state index in [1.54, 1.807) is 22.5 Å². The summed E-state index contributed by atoms with van der Waals surface area (Å²) in [6, 6.07) is 5.87. The van der Waals surface area contributed by atoms with Crippen LogP contribution in [0.3, 0.4) is 0 Å². The van der Waals surface area contributed by atoms with E-state index < -0.39 is 0 Å². The number of methoxy groups -OCH3 is 1. The van der Waals surface area contributed by atoms with Crippen molar-refractivity contribution in [2.45, 2.75) is 25.0 Å². The minimum atomic E-state index is -0.0640. The third kappa shape index (κ3) is 3.47. The van der Waals surface area contributed by atoms with E-state index >= 15 is 0 Å². The predicted molar refractivity (Wildman–Crippen MR) is 107 cm³/mol. The first-order valence-corrected chi connectivity index (χ1v) is 9.85. The Bertz CT molecular complexity index is 1050. The van der Waals surface area contributed by atoms with Gasteiger partial charge in [-0.2, -0.15) is 10.2 Å². The van der Waals surface area contributed by atoms with Crippen LogP contribution in [0.2, 0.25) is 0 Å². The summed E-state index contributed by atoms with van der Waals surface area (Å²) in [6.07, 6.45) is 5.50. The van der Waals surface area contributed by atoms with Gasteiger partial charge in [0.1, 0.15) is 17.9 Å². The fourth-order valence-corrected chi connectivity index (χ4v) is 3.76. The fraction of sp³-hybridized carbons (Fsp3) is 0.450. The van der Waals surface area contributed by atoms with Crippen molar-refractivity contribution < 1.29 is 14.3 Å². The Morgan fingerprint density at radius 3 is 2.90 bits per heavy atom. The molecule has 1 amide bonds. The Morgan fingerprint density at radius 1 is 1.28 bits per heavy atom. The molecule has 2 fully saturated rings. The van der Waals surface area contributed by atoms with E-state index in [-0.39, 0.29) is 24.0 Å². The third-order valence-corrected chi connectivity index (χ3v) is 5.53. The molecule has 0 aromatic carbocycles. The first kappa shape index (κ1) is 18.1. The number of rotatable bonds is 6. The van der Waals surface area contributed by atoms with Gasteiger partial charge in [-0.05, 0) is 25.0 Å². The Morgan fingerprint density at radius 2 is 2.10 bits per heavy atom. The summed E-state index contributed by atoms with van der Waals surface area (Å²) in [5, 5.41) is 15.0. The molecule has 2 aliphatic rings. The van der Waals surface area contributed by atoms with E-state index in [0.29, 0.717) is 5.82 Å². The minimum absolute atomic E-state index is 0.0120. The van der Waals surface area contributed by atoms with Crippen LogP contribution in [0.25, 0.3) is 16.8 Å². The quantitative estimate of drug-likeness (QED) is 0.655. The zero-order chi connectivity index (χ0) is 20.0. The molecule has 29 heavy (non-hydrogen) atoms. The van der Waals surface area contributed by atoms with Crippen molar-refractivity contribution in [2.75, 3.05) is 25.5 Å². The number of aryl methyl sites for hydroxylation is 1. The first-order chi connectivity index (χ1) is 14.1. The molecule has 1 saturated carbocycles. The fourth-order valence-electron chi connectivity index (χ4n) is 3.76. The maximum Gasteiger partial charge on any atom is 0.228 e. The largest absolute Gasteiger partial charge is 0.482 e. The van der Waals surface area contributed by atoms with Gasteiger partial charge in [-0.3, -0.25) is 9.48 Å². The highest BCUT2D eigenvalue weighted by atomic mass is 16.5. The molecule has 0 unspecified atom stereocenters. The van der Waals surface area contributed by atoms with Gasteiger partial charge >= 0.3 is 0 Å². The van der Waals surface area contributed by atoms with E-state index in [1.165, 1.54) is 0 Å². The number of pyridine rings is 1. The summed E-state index contributed by atoms with van der Waals surface area (Å²) in [4.78, 5) is 12.0. The van der Waals surface area contributed by atoms with Gasteiger partial charge in [0.05, 0.1) is 11.7 Å². The predicted octanol–water partition coefficient (Wildman–Crippen LogP) is 1.45. The lowest BCUT2D eigenvalue weighted by Gasteiger charge is -2.19. The van der Waals surface area contributed by atoms with Crippen LogP contribution in [0, 0.1) is 5.92 Å². The molecule has 0 radical (unpaired) electrons. The molecule has 9 heteroatoms. The van der Waals surface area contributed by atoms with E-state index in [0.717, 1.165) is 48.5 Å². The Labute approximate surface area is 168 Å². The molecule has 0 spiro atoms. The van der Waals surface area contributed by atoms with Crippen LogP contribution in [0.15, 0.2) is 30.6 Å². The molecule has 152 valence electrons. The van der Waals surface area contributed by atoms with E-state index in [2.05, 4.69) is 20.8 Å². The summed E-state index contributed by atoms with van der Waals surface area (Å²) in [5.41, 5.74) is 2.74. The Kier molecular flexibility index (Phi) is 4.48. The third-order valence-electron chi connectivity index (χ3n) is 5.53. The second-order valence-corrected chi connectivity index (χ2v) is 7.65. The van der Waals surface area contributed by atoms with E-state index in [9.17, 15) is 4.79 Å². The zero-order valence-electron chi connectivity index (χ0n) is 16.5. The van der Waals surface area contributed by atoms with Crippen molar-refractivity contribution in [1.82, 2.24) is 24.7 Å².